The first-order chi connectivity index (χ1) is 12.3. The minimum Gasteiger partial charge on any atom is -0.495 e. The number of hydrogen-bond acceptors (Lipinski definition) is 5. The van der Waals surface area contributed by atoms with Crippen LogP contribution in [0.25, 0.3) is 0 Å². The van der Waals surface area contributed by atoms with E-state index in [4.69, 9.17) is 9.47 Å². The van der Waals surface area contributed by atoms with E-state index < -0.39 is 22.0 Å². The minimum absolute atomic E-state index is 0.0275. The van der Waals surface area contributed by atoms with Gasteiger partial charge in [-0.1, -0.05) is 12.1 Å². The second kappa shape index (κ2) is 6.97. The first kappa shape index (κ1) is 18.2. The number of hydrogen-bond donors (Lipinski definition) is 2. The number of carbonyl (C=O) groups excluding carboxylic acids is 1. The maximum absolute atomic E-state index is 12.7. The summed E-state index contributed by atoms with van der Waals surface area (Å²) in [5.41, 5.74) is 2.31. The number of fused-ring (bicyclic) bond motifs is 1. The normalized spacial score (nSPS) is 16.4. The van der Waals surface area contributed by atoms with Gasteiger partial charge in [-0.15, -0.1) is 0 Å². The first-order valence-corrected chi connectivity index (χ1v) is 9.51. The van der Waals surface area contributed by atoms with Gasteiger partial charge in [-0.2, -0.15) is 0 Å². The van der Waals surface area contributed by atoms with Crippen molar-refractivity contribution in [1.29, 1.82) is 0 Å². The summed E-state index contributed by atoms with van der Waals surface area (Å²) in [6.07, 6.45) is -0.961. The van der Waals surface area contributed by atoms with Crippen LogP contribution >= 0.6 is 0 Å². The maximum atomic E-state index is 12.7. The van der Waals surface area contributed by atoms with Gasteiger partial charge in [0.05, 0.1) is 19.3 Å². The monoisotopic (exact) mass is 376 g/mol. The molecule has 0 aliphatic carbocycles. The number of aryl methyl sites for hydroxylation is 2. The highest BCUT2D eigenvalue weighted by Crippen LogP contribution is 2.29. The van der Waals surface area contributed by atoms with Crippen molar-refractivity contribution in [3.8, 4) is 11.5 Å². The summed E-state index contributed by atoms with van der Waals surface area (Å²) in [7, 11) is -2.46. The Morgan fingerprint density at radius 1 is 1.19 bits per heavy atom. The summed E-state index contributed by atoms with van der Waals surface area (Å²) in [6.45, 7) is 3.50. The second-order valence-electron chi connectivity index (χ2n) is 6.03. The molecule has 1 atom stereocenters. The van der Waals surface area contributed by atoms with Crippen LogP contribution in [0, 0.1) is 13.8 Å². The fraction of sp³-hybridized carbons (Fsp3) is 0.278. The highest BCUT2D eigenvalue weighted by molar-refractivity contribution is 7.89. The molecule has 0 bridgehead atoms. The summed E-state index contributed by atoms with van der Waals surface area (Å²) < 4.78 is 38.6. The molecule has 0 spiro atoms. The molecule has 8 heteroatoms. The van der Waals surface area contributed by atoms with Gasteiger partial charge in [-0.05, 0) is 49.2 Å². The van der Waals surface area contributed by atoms with Crippen molar-refractivity contribution >= 4 is 21.6 Å². The van der Waals surface area contributed by atoms with E-state index in [2.05, 4.69) is 10.0 Å². The Labute approximate surface area is 152 Å². The third-order valence-corrected chi connectivity index (χ3v) is 5.68. The predicted octanol–water partition coefficient (Wildman–Crippen LogP) is 1.99. The molecule has 0 saturated carbocycles. The molecule has 1 aliphatic rings. The van der Waals surface area contributed by atoms with Gasteiger partial charge in [0.15, 0.2) is 6.10 Å². The van der Waals surface area contributed by atoms with Gasteiger partial charge in [-0.25, -0.2) is 13.1 Å². The fourth-order valence-electron chi connectivity index (χ4n) is 2.62. The van der Waals surface area contributed by atoms with E-state index in [1.165, 1.54) is 7.11 Å². The van der Waals surface area contributed by atoms with Gasteiger partial charge in [-0.3, -0.25) is 4.79 Å². The van der Waals surface area contributed by atoms with E-state index in [0.29, 0.717) is 11.4 Å². The summed E-state index contributed by atoms with van der Waals surface area (Å²) in [4.78, 5) is 12.2. The SMILES string of the molecule is COc1cc(C)c(C)cc1S(=O)(=O)NCC1Oc2ccccc2NC1=O. The lowest BCUT2D eigenvalue weighted by Gasteiger charge is -2.26. The van der Waals surface area contributed by atoms with Crippen LogP contribution in [0.5, 0.6) is 11.5 Å². The number of para-hydroxylation sites is 2. The fourth-order valence-corrected chi connectivity index (χ4v) is 3.89. The molecule has 138 valence electrons. The van der Waals surface area contributed by atoms with Gasteiger partial charge in [0, 0.05) is 0 Å². The molecule has 0 fully saturated rings. The van der Waals surface area contributed by atoms with E-state index >= 15 is 0 Å². The smallest absolute Gasteiger partial charge is 0.266 e. The molecule has 0 aromatic heterocycles. The average molecular weight is 376 g/mol. The molecule has 26 heavy (non-hydrogen) atoms. The standard InChI is InChI=1S/C18H20N2O5S/c1-11-8-15(24-3)17(9-12(11)2)26(22,23)19-10-16-18(21)20-13-6-4-5-7-14(13)25-16/h4-9,16,19H,10H2,1-3H3,(H,20,21). The number of amides is 1. The molecule has 3 rings (SSSR count). The quantitative estimate of drug-likeness (QED) is 0.832. The molecule has 1 unspecified atom stereocenters. The van der Waals surface area contributed by atoms with Crippen LogP contribution in [0.15, 0.2) is 41.3 Å². The highest BCUT2D eigenvalue weighted by atomic mass is 32.2. The van der Waals surface area contributed by atoms with Crippen molar-refractivity contribution < 1.29 is 22.7 Å². The lowest BCUT2D eigenvalue weighted by atomic mass is 10.1. The molecule has 2 N–H and O–H groups in total. The third-order valence-electron chi connectivity index (χ3n) is 4.23. The Bertz CT molecular complexity index is 956. The van der Waals surface area contributed by atoms with Crippen molar-refractivity contribution in [2.24, 2.45) is 0 Å². The van der Waals surface area contributed by atoms with Crippen molar-refractivity contribution in [2.75, 3.05) is 19.0 Å². The Morgan fingerprint density at radius 2 is 1.88 bits per heavy atom. The van der Waals surface area contributed by atoms with Crippen molar-refractivity contribution in [2.45, 2.75) is 24.8 Å². The average Bonchev–Trinajstić information content (AvgIpc) is 2.61. The zero-order valence-electron chi connectivity index (χ0n) is 14.7. The summed E-state index contributed by atoms with van der Waals surface area (Å²) >= 11 is 0. The maximum Gasteiger partial charge on any atom is 0.266 e. The minimum atomic E-state index is -3.88. The van der Waals surface area contributed by atoms with Crippen LogP contribution in [0.3, 0.4) is 0 Å². The number of methoxy groups -OCH3 is 1. The molecule has 7 nitrogen and oxygen atoms in total. The van der Waals surface area contributed by atoms with E-state index in [9.17, 15) is 13.2 Å². The number of anilines is 1. The van der Waals surface area contributed by atoms with E-state index in [1.54, 1.807) is 36.4 Å². The Hall–Kier alpha value is -2.58. The summed E-state index contributed by atoms with van der Waals surface area (Å²) in [6, 6.07) is 10.2. The molecule has 2 aromatic rings. The Kier molecular flexibility index (Phi) is 4.88. The highest BCUT2D eigenvalue weighted by Gasteiger charge is 2.30. The van der Waals surface area contributed by atoms with Crippen LogP contribution in [0.2, 0.25) is 0 Å². The lowest BCUT2D eigenvalue weighted by Crippen LogP contribution is -2.45. The van der Waals surface area contributed by atoms with Crippen LogP contribution in [-0.4, -0.2) is 34.1 Å². The largest absolute Gasteiger partial charge is 0.495 e. The van der Waals surface area contributed by atoms with Crippen molar-refractivity contribution in [3.63, 3.8) is 0 Å². The second-order valence-corrected chi connectivity index (χ2v) is 7.77. The van der Waals surface area contributed by atoms with Crippen LogP contribution in [0.4, 0.5) is 5.69 Å². The van der Waals surface area contributed by atoms with Crippen LogP contribution < -0.4 is 19.5 Å². The Morgan fingerprint density at radius 3 is 2.62 bits per heavy atom. The van der Waals surface area contributed by atoms with Gasteiger partial charge in [0.2, 0.25) is 10.0 Å². The van der Waals surface area contributed by atoms with Gasteiger partial charge >= 0.3 is 0 Å². The molecule has 1 aliphatic heterocycles. The van der Waals surface area contributed by atoms with Gasteiger partial charge in [0.25, 0.3) is 5.91 Å². The molecule has 0 saturated heterocycles. The summed E-state index contributed by atoms with van der Waals surface area (Å²) in [5, 5.41) is 2.70. The molecule has 1 amide bonds. The number of rotatable bonds is 5. The van der Waals surface area contributed by atoms with E-state index in [0.717, 1.165) is 11.1 Å². The Balaban J connectivity index is 1.79. The molecular formula is C18H20N2O5S. The number of sulfonamides is 1. The zero-order valence-corrected chi connectivity index (χ0v) is 15.5. The van der Waals surface area contributed by atoms with Crippen molar-refractivity contribution in [1.82, 2.24) is 4.72 Å². The summed E-state index contributed by atoms with van der Waals surface area (Å²) in [5.74, 6) is 0.346. The number of ether oxygens (including phenoxy) is 2. The number of nitrogens with one attached hydrogen (secondary N) is 2. The van der Waals surface area contributed by atoms with Crippen molar-refractivity contribution in [3.05, 3.63) is 47.5 Å². The van der Waals surface area contributed by atoms with Gasteiger partial charge < -0.3 is 14.8 Å². The van der Waals surface area contributed by atoms with E-state index in [1.807, 2.05) is 13.8 Å². The van der Waals surface area contributed by atoms with Crippen LogP contribution in [0.1, 0.15) is 11.1 Å². The lowest BCUT2D eigenvalue weighted by molar-refractivity contribution is -0.123. The molecular weight excluding hydrogens is 356 g/mol. The number of benzene rings is 2. The molecule has 2 aromatic carbocycles. The zero-order chi connectivity index (χ0) is 18.9. The topological polar surface area (TPSA) is 93.7 Å². The van der Waals surface area contributed by atoms with E-state index in [-0.39, 0.29) is 17.2 Å². The third kappa shape index (κ3) is 3.51. The first-order valence-electron chi connectivity index (χ1n) is 8.03. The van der Waals surface area contributed by atoms with Crippen LogP contribution in [-0.2, 0) is 14.8 Å². The number of carbonyl (C=O) groups is 1. The molecule has 1 heterocycles. The van der Waals surface area contributed by atoms with Gasteiger partial charge in [0.1, 0.15) is 16.4 Å². The predicted molar refractivity (Wildman–Crippen MR) is 97.1 cm³/mol. The molecule has 0 radical (unpaired) electrons.